The number of alkyl halides is 2. The number of ether oxygens (including phenoxy) is 2. The summed E-state index contributed by atoms with van der Waals surface area (Å²) in [6, 6.07) is 3.81. The minimum atomic E-state index is -2.55. The number of methoxy groups -OCH3 is 1. The molecule has 2 aliphatic rings. The smallest absolute Gasteiger partial charge is 0.251 e. The fourth-order valence-corrected chi connectivity index (χ4v) is 5.02. The van der Waals surface area contributed by atoms with E-state index in [2.05, 4.69) is 9.72 Å². The third kappa shape index (κ3) is 5.22. The Morgan fingerprint density at radius 1 is 1.24 bits per heavy atom. The summed E-state index contributed by atoms with van der Waals surface area (Å²) in [5.74, 6) is -2.49. The van der Waals surface area contributed by atoms with Crippen LogP contribution in [-0.2, 0) is 21.5 Å². The second kappa shape index (κ2) is 9.29. The summed E-state index contributed by atoms with van der Waals surface area (Å²) in [6.45, 7) is 7.20. The van der Waals surface area contributed by atoms with Crippen LogP contribution in [0.3, 0.4) is 0 Å². The lowest BCUT2D eigenvalue weighted by Crippen LogP contribution is -2.38. The number of nitrogens with one attached hydrogen (secondary N) is 1. The van der Waals surface area contributed by atoms with E-state index in [4.69, 9.17) is 14.5 Å². The fraction of sp³-hybridized carbons (Fsp3) is 0.680. The van der Waals surface area contributed by atoms with Gasteiger partial charge in [-0.2, -0.15) is 0 Å². The molecule has 0 spiro atoms. The number of aromatic nitrogens is 2. The van der Waals surface area contributed by atoms with Crippen molar-refractivity contribution in [3.05, 3.63) is 34.8 Å². The Labute approximate surface area is 194 Å². The highest BCUT2D eigenvalue weighted by Crippen LogP contribution is 2.39. The Morgan fingerprint density at radius 2 is 1.91 bits per heavy atom. The van der Waals surface area contributed by atoms with Gasteiger partial charge in [-0.15, -0.1) is 0 Å². The van der Waals surface area contributed by atoms with Crippen LogP contribution < -0.4 is 5.32 Å². The average Bonchev–Trinajstić information content (AvgIpc) is 3.15. The van der Waals surface area contributed by atoms with Crippen molar-refractivity contribution in [2.45, 2.75) is 83.3 Å². The number of hydrogen-bond donors (Lipinski definition) is 1. The number of rotatable bonds is 6. The number of pyridine rings is 1. The van der Waals surface area contributed by atoms with Crippen LogP contribution in [-0.4, -0.2) is 47.6 Å². The van der Waals surface area contributed by atoms with E-state index in [1.165, 1.54) is 0 Å². The van der Waals surface area contributed by atoms with E-state index in [9.17, 15) is 13.6 Å². The van der Waals surface area contributed by atoms with Crippen molar-refractivity contribution in [2.24, 2.45) is 5.92 Å². The van der Waals surface area contributed by atoms with Crippen molar-refractivity contribution in [3.63, 3.8) is 0 Å². The maximum absolute atomic E-state index is 13.7. The van der Waals surface area contributed by atoms with E-state index in [1.807, 2.05) is 32.9 Å². The van der Waals surface area contributed by atoms with Crippen LogP contribution in [0, 0.1) is 12.8 Å². The Balaban J connectivity index is 1.67. The van der Waals surface area contributed by atoms with E-state index in [1.54, 1.807) is 7.11 Å². The lowest BCUT2D eigenvalue weighted by atomic mass is 9.83. The van der Waals surface area contributed by atoms with Gasteiger partial charge >= 0.3 is 0 Å². The summed E-state index contributed by atoms with van der Waals surface area (Å²) in [7, 11) is 1.65. The predicted molar refractivity (Wildman–Crippen MR) is 122 cm³/mol. The summed E-state index contributed by atoms with van der Waals surface area (Å²) in [6.07, 6.45) is 3.16. The largest absolute Gasteiger partial charge is 0.381 e. The minimum absolute atomic E-state index is 0.0626. The lowest BCUT2D eigenvalue weighted by Gasteiger charge is -2.29. The van der Waals surface area contributed by atoms with Crippen molar-refractivity contribution in [3.8, 4) is 0 Å². The van der Waals surface area contributed by atoms with Gasteiger partial charge in [-0.05, 0) is 70.9 Å². The molecular formula is C25H35F2N3O3. The summed E-state index contributed by atoms with van der Waals surface area (Å²) < 4.78 is 40.6. The van der Waals surface area contributed by atoms with Gasteiger partial charge in [0.1, 0.15) is 11.2 Å². The van der Waals surface area contributed by atoms with Gasteiger partial charge in [0.2, 0.25) is 5.92 Å². The van der Waals surface area contributed by atoms with E-state index >= 15 is 0 Å². The predicted octanol–water partition coefficient (Wildman–Crippen LogP) is 4.80. The average molecular weight is 464 g/mol. The summed E-state index contributed by atoms with van der Waals surface area (Å²) in [4.78, 5) is 17.8. The lowest BCUT2D eigenvalue weighted by molar-refractivity contribution is -0.0459. The van der Waals surface area contributed by atoms with Crippen molar-refractivity contribution in [1.29, 1.82) is 0 Å². The molecule has 2 aromatic heterocycles. The van der Waals surface area contributed by atoms with Crippen molar-refractivity contribution >= 4 is 11.6 Å². The van der Waals surface area contributed by atoms with E-state index in [-0.39, 0.29) is 30.7 Å². The van der Waals surface area contributed by atoms with Gasteiger partial charge in [0.05, 0.1) is 5.69 Å². The minimum Gasteiger partial charge on any atom is -0.381 e. The molecule has 0 radical (unpaired) electrons. The molecule has 182 valence electrons. The number of carbonyl (C=O) groups is 1. The van der Waals surface area contributed by atoms with E-state index in [0.717, 1.165) is 29.9 Å². The van der Waals surface area contributed by atoms with Gasteiger partial charge < -0.3 is 19.2 Å². The molecule has 0 aromatic carbocycles. The molecule has 1 aliphatic heterocycles. The van der Waals surface area contributed by atoms with Gasteiger partial charge in [0.25, 0.3) is 5.91 Å². The van der Waals surface area contributed by atoms with Crippen LogP contribution in [0.2, 0.25) is 0 Å². The molecule has 1 aliphatic carbocycles. The number of fused-ring (bicyclic) bond motifs is 1. The van der Waals surface area contributed by atoms with Gasteiger partial charge in [-0.1, -0.05) is 0 Å². The number of nitrogens with zero attached hydrogens (tertiary/aromatic N) is 2. The standard InChI is InChI=1S/C25H35F2N3O3/c1-16-13-18(23(31)28-19-7-11-33-12-8-19)15-21-29-22(24(2,3)32-4)20(30(16)21)14-17-5-9-25(26,27)10-6-17/h13,15,17,19H,5-12,14H2,1-4H3,(H,28,31). The second-order valence-electron chi connectivity index (χ2n) is 10.1. The second-order valence-corrected chi connectivity index (χ2v) is 10.1. The molecule has 33 heavy (non-hydrogen) atoms. The molecule has 0 unspecified atom stereocenters. The first-order chi connectivity index (χ1) is 15.6. The number of amides is 1. The quantitative estimate of drug-likeness (QED) is 0.668. The van der Waals surface area contributed by atoms with Crippen molar-refractivity contribution in [2.75, 3.05) is 20.3 Å². The monoisotopic (exact) mass is 463 g/mol. The van der Waals surface area contributed by atoms with Gasteiger partial charge in [-0.3, -0.25) is 4.79 Å². The molecule has 3 heterocycles. The van der Waals surface area contributed by atoms with Gasteiger partial charge in [-0.25, -0.2) is 13.8 Å². The van der Waals surface area contributed by atoms with Crippen molar-refractivity contribution < 1.29 is 23.0 Å². The third-order valence-electron chi connectivity index (χ3n) is 7.22. The van der Waals surface area contributed by atoms with Crippen LogP contribution >= 0.6 is 0 Å². The van der Waals surface area contributed by atoms with Crippen LogP contribution in [0.25, 0.3) is 5.65 Å². The molecule has 2 aromatic rings. The summed E-state index contributed by atoms with van der Waals surface area (Å²) in [5.41, 5.74) is 3.29. The van der Waals surface area contributed by atoms with Crippen molar-refractivity contribution in [1.82, 2.24) is 14.7 Å². The molecule has 1 N–H and O–H groups in total. The molecular weight excluding hydrogens is 428 g/mol. The van der Waals surface area contributed by atoms with Crippen LogP contribution in [0.1, 0.15) is 79.8 Å². The number of imidazole rings is 1. The highest BCUT2D eigenvalue weighted by molar-refractivity contribution is 5.95. The summed E-state index contributed by atoms with van der Waals surface area (Å²) >= 11 is 0. The first kappa shape index (κ1) is 24.1. The van der Waals surface area contributed by atoms with Gasteiger partial charge in [0.15, 0.2) is 0 Å². The first-order valence-electron chi connectivity index (χ1n) is 11.9. The van der Waals surface area contributed by atoms with Crippen LogP contribution in [0.15, 0.2) is 12.1 Å². The van der Waals surface area contributed by atoms with Crippen LogP contribution in [0.5, 0.6) is 0 Å². The first-order valence-corrected chi connectivity index (χ1v) is 11.9. The number of aryl methyl sites for hydroxylation is 1. The van der Waals surface area contributed by atoms with Gasteiger partial charge in [0, 0.05) is 56.2 Å². The maximum Gasteiger partial charge on any atom is 0.251 e. The number of carbonyl (C=O) groups excluding carboxylic acids is 1. The zero-order valence-corrected chi connectivity index (χ0v) is 20.0. The maximum atomic E-state index is 13.7. The number of halogens is 2. The Kier molecular flexibility index (Phi) is 6.78. The molecule has 6 nitrogen and oxygen atoms in total. The highest BCUT2D eigenvalue weighted by atomic mass is 19.3. The molecule has 1 saturated heterocycles. The Bertz CT molecular complexity index is 1000. The molecule has 1 amide bonds. The summed E-state index contributed by atoms with van der Waals surface area (Å²) in [5, 5.41) is 3.11. The zero-order valence-electron chi connectivity index (χ0n) is 20.0. The highest BCUT2D eigenvalue weighted by Gasteiger charge is 2.37. The molecule has 1 saturated carbocycles. The molecule has 8 heteroatoms. The topological polar surface area (TPSA) is 64.9 Å². The Morgan fingerprint density at radius 3 is 2.55 bits per heavy atom. The molecule has 2 fully saturated rings. The Hall–Kier alpha value is -2.06. The SMILES string of the molecule is COC(C)(C)c1nc2cc(C(=O)NC3CCOCC3)cc(C)n2c1CC1CCC(F)(F)CC1. The third-order valence-corrected chi connectivity index (χ3v) is 7.22. The molecule has 0 atom stereocenters. The fourth-order valence-electron chi connectivity index (χ4n) is 5.02. The molecule has 0 bridgehead atoms. The zero-order chi connectivity index (χ0) is 23.8. The van der Waals surface area contributed by atoms with E-state index in [0.29, 0.717) is 43.7 Å². The molecule has 4 rings (SSSR count). The number of hydrogen-bond acceptors (Lipinski definition) is 4. The van der Waals surface area contributed by atoms with E-state index < -0.39 is 11.5 Å². The van der Waals surface area contributed by atoms with Crippen LogP contribution in [0.4, 0.5) is 8.78 Å². The normalized spacial score (nSPS) is 20.3.